The number of rotatable bonds is 5. The van der Waals surface area contributed by atoms with Crippen LogP contribution in [-0.2, 0) is 11.2 Å². The highest BCUT2D eigenvalue weighted by molar-refractivity contribution is 6.42. The minimum Gasteiger partial charge on any atom is -0.326 e. The van der Waals surface area contributed by atoms with E-state index in [1.165, 1.54) is 0 Å². The Labute approximate surface area is 183 Å². The molecule has 0 heterocycles. The summed E-state index contributed by atoms with van der Waals surface area (Å²) in [7, 11) is 0. The van der Waals surface area contributed by atoms with Crippen molar-refractivity contribution in [2.24, 2.45) is 0 Å². The summed E-state index contributed by atoms with van der Waals surface area (Å²) in [4.78, 5) is 36.3. The van der Waals surface area contributed by atoms with Crippen molar-refractivity contribution >= 4 is 46.6 Å². The van der Waals surface area contributed by atoms with Crippen molar-refractivity contribution in [1.82, 2.24) is 10.9 Å². The smallest absolute Gasteiger partial charge is 0.269 e. The molecule has 0 radical (unpaired) electrons. The number of anilines is 1. The number of benzene rings is 3. The predicted molar refractivity (Wildman–Crippen MR) is 117 cm³/mol. The Morgan fingerprint density at radius 2 is 1.30 bits per heavy atom. The molecule has 3 rings (SSSR count). The third-order valence-electron chi connectivity index (χ3n) is 4.11. The normalized spacial score (nSPS) is 10.2. The highest BCUT2D eigenvalue weighted by atomic mass is 35.5. The summed E-state index contributed by atoms with van der Waals surface area (Å²) in [6, 6.07) is 19.8. The van der Waals surface area contributed by atoms with Crippen molar-refractivity contribution in [3.05, 3.63) is 99.5 Å². The van der Waals surface area contributed by atoms with Gasteiger partial charge in [0, 0.05) is 16.8 Å². The first-order valence-corrected chi connectivity index (χ1v) is 9.67. The van der Waals surface area contributed by atoms with Crippen LogP contribution in [0.2, 0.25) is 10.0 Å². The maximum Gasteiger partial charge on any atom is 0.269 e. The molecular formula is C22H17Cl2N3O3. The van der Waals surface area contributed by atoms with E-state index in [0.29, 0.717) is 26.9 Å². The molecule has 0 unspecified atom stereocenters. The predicted octanol–water partition coefficient (Wildman–Crippen LogP) is 4.25. The first kappa shape index (κ1) is 21.4. The molecule has 0 aliphatic rings. The third kappa shape index (κ3) is 5.83. The molecule has 152 valence electrons. The minimum atomic E-state index is -0.479. The van der Waals surface area contributed by atoms with Gasteiger partial charge in [0.25, 0.3) is 11.8 Å². The summed E-state index contributed by atoms with van der Waals surface area (Å²) in [6.45, 7) is 0. The second kappa shape index (κ2) is 9.91. The second-order valence-corrected chi connectivity index (χ2v) is 7.14. The Hall–Kier alpha value is -3.35. The lowest BCUT2D eigenvalue weighted by Crippen LogP contribution is -2.41. The van der Waals surface area contributed by atoms with Gasteiger partial charge in [-0.15, -0.1) is 0 Å². The van der Waals surface area contributed by atoms with Crippen molar-refractivity contribution in [2.75, 3.05) is 5.32 Å². The molecule has 0 spiro atoms. The molecule has 0 saturated carbocycles. The van der Waals surface area contributed by atoms with Crippen LogP contribution in [0.3, 0.4) is 0 Å². The van der Waals surface area contributed by atoms with Gasteiger partial charge in [-0.3, -0.25) is 25.2 Å². The van der Waals surface area contributed by atoms with E-state index in [4.69, 9.17) is 23.2 Å². The standard InChI is InChI=1S/C22H17Cl2N3O3/c23-18-11-6-14(12-19(18)24)13-20(28)25-17-9-7-16(8-10-17)22(30)27-26-21(29)15-4-2-1-3-5-15/h1-12H,13H2,(H,25,28)(H,26,29)(H,27,30). The number of hydrogen-bond donors (Lipinski definition) is 3. The van der Waals surface area contributed by atoms with Crippen LogP contribution in [0.25, 0.3) is 0 Å². The lowest BCUT2D eigenvalue weighted by Gasteiger charge is -2.09. The van der Waals surface area contributed by atoms with Crippen LogP contribution in [0.4, 0.5) is 5.69 Å². The number of nitrogens with one attached hydrogen (secondary N) is 3. The molecule has 3 amide bonds. The Bertz CT molecular complexity index is 1070. The first-order valence-electron chi connectivity index (χ1n) is 8.92. The molecule has 0 fully saturated rings. The molecule has 3 aromatic carbocycles. The molecular weight excluding hydrogens is 425 g/mol. The number of carbonyl (C=O) groups is 3. The highest BCUT2D eigenvalue weighted by Gasteiger charge is 2.10. The quantitative estimate of drug-likeness (QED) is 0.517. The van der Waals surface area contributed by atoms with Crippen LogP contribution >= 0.6 is 23.2 Å². The van der Waals surface area contributed by atoms with Crippen molar-refractivity contribution in [3.8, 4) is 0 Å². The van der Waals surface area contributed by atoms with Gasteiger partial charge < -0.3 is 5.32 Å². The Morgan fingerprint density at radius 3 is 1.90 bits per heavy atom. The minimum absolute atomic E-state index is 0.130. The lowest BCUT2D eigenvalue weighted by molar-refractivity contribution is -0.115. The lowest BCUT2D eigenvalue weighted by atomic mass is 10.1. The molecule has 3 aromatic rings. The zero-order valence-electron chi connectivity index (χ0n) is 15.6. The number of halogens is 2. The molecule has 0 aromatic heterocycles. The summed E-state index contributed by atoms with van der Waals surface area (Å²) in [6.07, 6.45) is 0.130. The van der Waals surface area contributed by atoms with E-state index in [9.17, 15) is 14.4 Å². The average Bonchev–Trinajstić information content (AvgIpc) is 2.75. The monoisotopic (exact) mass is 441 g/mol. The van der Waals surface area contributed by atoms with Crippen LogP contribution < -0.4 is 16.2 Å². The fourth-order valence-corrected chi connectivity index (χ4v) is 2.91. The van der Waals surface area contributed by atoms with E-state index in [1.807, 2.05) is 0 Å². The van der Waals surface area contributed by atoms with Gasteiger partial charge in [0.1, 0.15) is 0 Å². The highest BCUT2D eigenvalue weighted by Crippen LogP contribution is 2.23. The molecule has 0 bridgehead atoms. The van der Waals surface area contributed by atoms with Gasteiger partial charge in [-0.05, 0) is 54.1 Å². The Kier molecular flexibility index (Phi) is 7.06. The number of hydrogen-bond acceptors (Lipinski definition) is 3. The maximum absolute atomic E-state index is 12.2. The fraction of sp³-hybridized carbons (Fsp3) is 0.0455. The topological polar surface area (TPSA) is 87.3 Å². The number of amides is 3. The van der Waals surface area contributed by atoms with Crippen molar-refractivity contribution in [3.63, 3.8) is 0 Å². The van der Waals surface area contributed by atoms with Crippen molar-refractivity contribution < 1.29 is 14.4 Å². The van der Waals surface area contributed by atoms with Crippen LogP contribution in [0, 0.1) is 0 Å². The van der Waals surface area contributed by atoms with Gasteiger partial charge >= 0.3 is 0 Å². The molecule has 8 heteroatoms. The summed E-state index contributed by atoms with van der Waals surface area (Å²) in [5.41, 5.74) is 6.72. The summed E-state index contributed by atoms with van der Waals surface area (Å²) in [5.74, 6) is -1.14. The number of hydrazine groups is 1. The van der Waals surface area contributed by atoms with Gasteiger partial charge in [-0.1, -0.05) is 47.5 Å². The molecule has 0 aliphatic carbocycles. The van der Waals surface area contributed by atoms with E-state index in [2.05, 4.69) is 16.2 Å². The van der Waals surface area contributed by atoms with Gasteiger partial charge in [-0.2, -0.15) is 0 Å². The molecule has 3 N–H and O–H groups in total. The fourth-order valence-electron chi connectivity index (χ4n) is 2.59. The molecule has 0 aliphatic heterocycles. The third-order valence-corrected chi connectivity index (χ3v) is 4.84. The Balaban J connectivity index is 1.52. The van der Waals surface area contributed by atoms with E-state index in [1.54, 1.807) is 72.8 Å². The summed E-state index contributed by atoms with van der Waals surface area (Å²) in [5, 5.41) is 3.56. The van der Waals surface area contributed by atoms with E-state index in [-0.39, 0.29) is 12.3 Å². The summed E-state index contributed by atoms with van der Waals surface area (Å²) >= 11 is 11.8. The van der Waals surface area contributed by atoms with Crippen molar-refractivity contribution in [1.29, 1.82) is 0 Å². The zero-order chi connectivity index (χ0) is 21.5. The summed E-state index contributed by atoms with van der Waals surface area (Å²) < 4.78 is 0. The first-order chi connectivity index (χ1) is 14.4. The van der Waals surface area contributed by atoms with Crippen molar-refractivity contribution in [2.45, 2.75) is 6.42 Å². The van der Waals surface area contributed by atoms with E-state index < -0.39 is 11.8 Å². The van der Waals surface area contributed by atoms with E-state index >= 15 is 0 Å². The van der Waals surface area contributed by atoms with Gasteiger partial charge in [-0.25, -0.2) is 0 Å². The van der Waals surface area contributed by atoms with E-state index in [0.717, 1.165) is 5.56 Å². The molecule has 30 heavy (non-hydrogen) atoms. The second-order valence-electron chi connectivity index (χ2n) is 6.33. The van der Waals surface area contributed by atoms with Gasteiger partial charge in [0.15, 0.2) is 0 Å². The largest absolute Gasteiger partial charge is 0.326 e. The van der Waals surface area contributed by atoms with Crippen LogP contribution in [0.5, 0.6) is 0 Å². The number of carbonyl (C=O) groups excluding carboxylic acids is 3. The average molecular weight is 442 g/mol. The van der Waals surface area contributed by atoms with Crippen LogP contribution in [-0.4, -0.2) is 17.7 Å². The van der Waals surface area contributed by atoms with Gasteiger partial charge in [0.05, 0.1) is 16.5 Å². The SMILES string of the molecule is O=C(Cc1ccc(Cl)c(Cl)c1)Nc1ccc(C(=O)NNC(=O)c2ccccc2)cc1. The Morgan fingerprint density at radius 1 is 0.700 bits per heavy atom. The molecule has 0 atom stereocenters. The van der Waals surface area contributed by atoms with Crippen LogP contribution in [0.1, 0.15) is 26.3 Å². The maximum atomic E-state index is 12.2. The van der Waals surface area contributed by atoms with Gasteiger partial charge in [0.2, 0.25) is 5.91 Å². The van der Waals surface area contributed by atoms with Crippen LogP contribution in [0.15, 0.2) is 72.8 Å². The zero-order valence-corrected chi connectivity index (χ0v) is 17.1. The molecule has 6 nitrogen and oxygen atoms in total. The molecule has 0 saturated heterocycles.